The smallest absolute Gasteiger partial charge is 0.259 e. The van der Waals surface area contributed by atoms with Gasteiger partial charge in [-0.15, -0.1) is 6.42 Å². The van der Waals surface area contributed by atoms with Crippen molar-refractivity contribution < 1.29 is 4.92 Å². The summed E-state index contributed by atoms with van der Waals surface area (Å²) in [5.74, 6) is 4.40. The summed E-state index contributed by atoms with van der Waals surface area (Å²) in [5.41, 5.74) is 1.42. The highest BCUT2D eigenvalue weighted by Gasteiger charge is 2.18. The zero-order valence-corrected chi connectivity index (χ0v) is 13.9. The number of thioether (sulfide) groups is 1. The van der Waals surface area contributed by atoms with Crippen LogP contribution in [0.5, 0.6) is 0 Å². The first-order valence-corrected chi connectivity index (χ1v) is 7.97. The van der Waals surface area contributed by atoms with Gasteiger partial charge in [0, 0.05) is 22.1 Å². The molecule has 0 atom stereocenters. The second-order valence-corrected chi connectivity index (χ2v) is 6.35. The maximum atomic E-state index is 10.7. The van der Waals surface area contributed by atoms with E-state index in [1.54, 1.807) is 31.9 Å². The summed E-state index contributed by atoms with van der Waals surface area (Å²) >= 11 is 1.68. The molecule has 120 valence electrons. The van der Waals surface area contributed by atoms with Crippen molar-refractivity contribution in [2.45, 2.75) is 32.1 Å². The molecule has 0 radical (unpaired) electrons. The molecule has 0 aromatic carbocycles. The maximum Gasteiger partial charge on any atom is 0.259 e. The van der Waals surface area contributed by atoms with Crippen LogP contribution < -0.4 is 5.32 Å². The van der Waals surface area contributed by atoms with E-state index in [0.717, 1.165) is 22.9 Å². The van der Waals surface area contributed by atoms with Crippen molar-refractivity contribution in [3.8, 4) is 12.3 Å². The minimum absolute atomic E-state index is 0.310. The average molecular weight is 323 g/mol. The Balaban J connectivity index is 2.46. The summed E-state index contributed by atoms with van der Waals surface area (Å²) in [4.78, 5) is 21.8. The van der Waals surface area contributed by atoms with Gasteiger partial charge >= 0.3 is 0 Å². The molecule has 0 bridgehead atoms. The number of hydrogen-bond donors (Lipinski definition) is 2. The van der Waals surface area contributed by atoms with Gasteiger partial charge in [0.15, 0.2) is 5.84 Å². The molecule has 2 N–H and O–H groups in total. The first-order chi connectivity index (χ1) is 10.3. The van der Waals surface area contributed by atoms with Crippen LogP contribution in [0.15, 0.2) is 11.3 Å². The summed E-state index contributed by atoms with van der Waals surface area (Å²) in [7, 11) is 0. The van der Waals surface area contributed by atoms with Crippen LogP contribution in [-0.4, -0.2) is 45.1 Å². The summed E-state index contributed by atoms with van der Waals surface area (Å²) in [6.07, 6.45) is 7.05. The molecule has 8 heteroatoms. The number of hydrogen-bond acceptors (Lipinski definition) is 5. The van der Waals surface area contributed by atoms with Gasteiger partial charge in [0.25, 0.3) is 6.54 Å². The molecule has 1 heterocycles. The number of H-pyrrole nitrogens is 1. The number of amidine groups is 1. The van der Waals surface area contributed by atoms with Gasteiger partial charge in [-0.05, 0) is 20.8 Å². The van der Waals surface area contributed by atoms with Gasteiger partial charge < -0.3 is 10.3 Å². The number of aromatic nitrogens is 2. The van der Waals surface area contributed by atoms with E-state index in [1.165, 1.54) is 0 Å². The van der Waals surface area contributed by atoms with E-state index < -0.39 is 10.5 Å². The van der Waals surface area contributed by atoms with E-state index in [2.05, 4.69) is 26.2 Å². The Kier molecular flexibility index (Phi) is 6.92. The minimum Gasteiger partial charge on any atom is -0.353 e. The molecular weight excluding hydrogens is 302 g/mol. The Labute approximate surface area is 134 Å². The van der Waals surface area contributed by atoms with E-state index in [1.807, 2.05) is 6.92 Å². The number of aromatic amines is 1. The quantitative estimate of drug-likeness (QED) is 0.189. The predicted octanol–water partition coefficient (Wildman–Crippen LogP) is 1.63. The third kappa shape index (κ3) is 6.63. The highest BCUT2D eigenvalue weighted by Crippen LogP contribution is 2.12. The van der Waals surface area contributed by atoms with Crippen molar-refractivity contribution in [1.82, 2.24) is 15.3 Å². The first-order valence-electron chi connectivity index (χ1n) is 6.81. The summed E-state index contributed by atoms with van der Waals surface area (Å²) in [6.45, 7) is 5.66. The Morgan fingerprint density at radius 3 is 2.95 bits per heavy atom. The van der Waals surface area contributed by atoms with Gasteiger partial charge in [-0.25, -0.2) is 4.98 Å². The zero-order valence-electron chi connectivity index (χ0n) is 13.0. The standard InChI is InChI=1S/C14H21N5O2S/c1-5-14(3,4)18-13(8-19(20)21)15-6-7-22-9-12-11(2)16-10-17-12/h1,10H,6-9H2,2-4H3,(H,15,18)(H,16,17). The molecule has 0 amide bonds. The van der Waals surface area contributed by atoms with E-state index in [0.29, 0.717) is 12.4 Å². The minimum atomic E-state index is -0.659. The Morgan fingerprint density at radius 1 is 1.68 bits per heavy atom. The van der Waals surface area contributed by atoms with Crippen LogP contribution in [0.2, 0.25) is 0 Å². The van der Waals surface area contributed by atoms with Gasteiger partial charge in [0.05, 0.1) is 24.1 Å². The van der Waals surface area contributed by atoms with Crippen molar-refractivity contribution in [3.63, 3.8) is 0 Å². The van der Waals surface area contributed by atoms with Gasteiger partial charge in [-0.1, -0.05) is 5.92 Å². The lowest BCUT2D eigenvalue weighted by atomic mass is 10.1. The molecular formula is C14H21N5O2S. The molecule has 0 fully saturated rings. The molecule has 1 rings (SSSR count). The lowest BCUT2D eigenvalue weighted by Crippen LogP contribution is -2.45. The van der Waals surface area contributed by atoms with Crippen LogP contribution in [0.3, 0.4) is 0 Å². The number of nitrogens with one attached hydrogen (secondary N) is 2. The lowest BCUT2D eigenvalue weighted by Gasteiger charge is -2.20. The average Bonchev–Trinajstić information content (AvgIpc) is 2.83. The third-order valence-corrected chi connectivity index (χ3v) is 3.76. The maximum absolute atomic E-state index is 10.7. The van der Waals surface area contributed by atoms with Gasteiger partial charge in [0.1, 0.15) is 0 Å². The highest BCUT2D eigenvalue weighted by atomic mass is 32.2. The number of aryl methyl sites for hydroxylation is 1. The predicted molar refractivity (Wildman–Crippen MR) is 89.7 cm³/mol. The van der Waals surface area contributed by atoms with Crippen LogP contribution in [0.4, 0.5) is 0 Å². The fraction of sp³-hybridized carbons (Fsp3) is 0.571. The van der Waals surface area contributed by atoms with Crippen LogP contribution in [-0.2, 0) is 5.75 Å². The molecule has 0 unspecified atom stereocenters. The summed E-state index contributed by atoms with van der Waals surface area (Å²) in [5, 5.41) is 13.6. The second kappa shape index (κ2) is 8.44. The molecule has 0 saturated carbocycles. The van der Waals surface area contributed by atoms with Gasteiger partial charge in [-0.3, -0.25) is 15.1 Å². The van der Waals surface area contributed by atoms with Crippen molar-refractivity contribution in [1.29, 1.82) is 0 Å². The number of nitrogens with zero attached hydrogens (tertiary/aromatic N) is 3. The fourth-order valence-corrected chi connectivity index (χ4v) is 2.44. The molecule has 0 aliphatic carbocycles. The molecule has 22 heavy (non-hydrogen) atoms. The molecule has 0 aliphatic heterocycles. The van der Waals surface area contributed by atoms with Gasteiger partial charge in [0.2, 0.25) is 0 Å². The van der Waals surface area contributed by atoms with Crippen molar-refractivity contribution in [2.75, 3.05) is 18.8 Å². The van der Waals surface area contributed by atoms with Crippen molar-refractivity contribution in [2.24, 2.45) is 4.99 Å². The van der Waals surface area contributed by atoms with E-state index in [9.17, 15) is 10.1 Å². The largest absolute Gasteiger partial charge is 0.353 e. The molecule has 7 nitrogen and oxygen atoms in total. The number of nitro groups is 1. The lowest BCUT2D eigenvalue weighted by molar-refractivity contribution is -0.463. The SMILES string of the molecule is C#CC(C)(C)NC(C[N+](=O)[O-])=NCCSCc1nc[nH]c1C. The summed E-state index contributed by atoms with van der Waals surface area (Å²) < 4.78 is 0. The summed E-state index contributed by atoms with van der Waals surface area (Å²) in [6, 6.07) is 0. The zero-order chi connectivity index (χ0) is 16.6. The highest BCUT2D eigenvalue weighted by molar-refractivity contribution is 7.98. The number of terminal acetylenes is 1. The number of rotatable bonds is 8. The van der Waals surface area contributed by atoms with Crippen LogP contribution in [0.25, 0.3) is 0 Å². The van der Waals surface area contributed by atoms with Crippen LogP contribution in [0.1, 0.15) is 25.2 Å². The number of imidazole rings is 1. The number of aliphatic imine (C=N–C) groups is 1. The van der Waals surface area contributed by atoms with Crippen molar-refractivity contribution >= 4 is 17.6 Å². The first kappa shape index (κ1) is 18.0. The Hall–Kier alpha value is -2.01. The Morgan fingerprint density at radius 2 is 2.41 bits per heavy atom. The second-order valence-electron chi connectivity index (χ2n) is 5.24. The molecule has 1 aromatic rings. The van der Waals surface area contributed by atoms with E-state index in [-0.39, 0.29) is 6.54 Å². The third-order valence-electron chi connectivity index (χ3n) is 2.81. The van der Waals surface area contributed by atoms with Crippen molar-refractivity contribution in [3.05, 3.63) is 27.8 Å². The van der Waals surface area contributed by atoms with E-state index >= 15 is 0 Å². The fourth-order valence-electron chi connectivity index (χ4n) is 1.59. The Bertz CT molecular complexity index is 574. The van der Waals surface area contributed by atoms with Crippen LogP contribution >= 0.6 is 11.8 Å². The van der Waals surface area contributed by atoms with Crippen LogP contribution in [0, 0.1) is 29.4 Å². The molecule has 0 aliphatic rings. The molecule has 1 aromatic heterocycles. The molecule has 0 spiro atoms. The monoisotopic (exact) mass is 323 g/mol. The topological polar surface area (TPSA) is 96.2 Å². The molecule has 0 saturated heterocycles. The normalized spacial score (nSPS) is 12.0. The van der Waals surface area contributed by atoms with E-state index in [4.69, 9.17) is 6.42 Å². The van der Waals surface area contributed by atoms with Gasteiger partial charge in [-0.2, -0.15) is 11.8 Å².